The highest BCUT2D eigenvalue weighted by Crippen LogP contribution is 2.44. The predicted octanol–water partition coefficient (Wildman–Crippen LogP) is 3.19. The zero-order valence-electron chi connectivity index (χ0n) is 17.4. The van der Waals surface area contributed by atoms with Crippen molar-refractivity contribution in [3.05, 3.63) is 59.7 Å². The number of fused-ring (bicyclic) bond motifs is 3. The summed E-state index contributed by atoms with van der Waals surface area (Å²) < 4.78 is 5.59. The maximum absolute atomic E-state index is 12.7. The van der Waals surface area contributed by atoms with Crippen LogP contribution in [0.3, 0.4) is 0 Å². The van der Waals surface area contributed by atoms with E-state index in [4.69, 9.17) is 9.84 Å². The highest BCUT2D eigenvalue weighted by Gasteiger charge is 2.32. The van der Waals surface area contributed by atoms with Crippen LogP contribution in [0.1, 0.15) is 29.9 Å². The van der Waals surface area contributed by atoms with Crippen LogP contribution in [0, 0.1) is 0 Å². The van der Waals surface area contributed by atoms with Crippen LogP contribution >= 0.6 is 0 Å². The molecule has 2 amide bonds. The zero-order valence-corrected chi connectivity index (χ0v) is 17.4. The van der Waals surface area contributed by atoms with E-state index in [1.807, 2.05) is 36.4 Å². The molecule has 0 fully saturated rings. The quantitative estimate of drug-likeness (QED) is 0.758. The number of carbonyl (C=O) groups excluding carboxylic acids is 2. The molecule has 2 aromatic rings. The molecule has 1 aliphatic carbocycles. The Morgan fingerprint density at radius 3 is 2.00 bits per heavy atom. The zero-order chi connectivity index (χ0) is 21.8. The second-order valence-electron chi connectivity index (χ2n) is 7.60. The molecule has 1 N–H and O–H groups in total. The molecule has 2 aromatic carbocycles. The number of aliphatic carboxylic acids is 1. The number of likely N-dealkylation sites (N-methyl/N-ethyl adjacent to an activating group) is 2. The number of benzene rings is 2. The second-order valence-corrected chi connectivity index (χ2v) is 7.60. The highest BCUT2D eigenvalue weighted by atomic mass is 16.6. The van der Waals surface area contributed by atoms with Crippen molar-refractivity contribution in [2.75, 3.05) is 27.7 Å². The first kappa shape index (κ1) is 21.4. The van der Waals surface area contributed by atoms with Gasteiger partial charge in [-0.1, -0.05) is 48.5 Å². The van der Waals surface area contributed by atoms with E-state index < -0.39 is 18.1 Å². The number of hydrogen-bond donors (Lipinski definition) is 1. The van der Waals surface area contributed by atoms with E-state index in [1.54, 1.807) is 14.1 Å². The Hall–Kier alpha value is -3.35. The molecule has 0 bridgehead atoms. The summed E-state index contributed by atoms with van der Waals surface area (Å²) in [6, 6.07) is 15.2. The third-order valence-corrected chi connectivity index (χ3v) is 5.45. The van der Waals surface area contributed by atoms with Crippen molar-refractivity contribution in [3.63, 3.8) is 0 Å². The van der Waals surface area contributed by atoms with E-state index in [0.29, 0.717) is 0 Å². The lowest BCUT2D eigenvalue weighted by molar-refractivity contribution is -0.138. The van der Waals surface area contributed by atoms with Gasteiger partial charge in [-0.25, -0.2) is 4.79 Å². The van der Waals surface area contributed by atoms with Crippen molar-refractivity contribution in [1.82, 2.24) is 9.80 Å². The Morgan fingerprint density at radius 1 is 0.967 bits per heavy atom. The summed E-state index contributed by atoms with van der Waals surface area (Å²) >= 11 is 0. The summed E-state index contributed by atoms with van der Waals surface area (Å²) in [6.45, 7) is 0.138. The van der Waals surface area contributed by atoms with Gasteiger partial charge in [-0.15, -0.1) is 0 Å². The van der Waals surface area contributed by atoms with Gasteiger partial charge in [0.05, 0.1) is 0 Å². The molecular weight excluding hydrogens is 384 g/mol. The Morgan fingerprint density at radius 2 is 1.50 bits per heavy atom. The van der Waals surface area contributed by atoms with E-state index in [9.17, 15) is 14.4 Å². The fourth-order valence-corrected chi connectivity index (χ4v) is 3.86. The van der Waals surface area contributed by atoms with Gasteiger partial charge < -0.3 is 14.7 Å². The normalized spacial score (nSPS) is 13.2. The molecule has 0 unspecified atom stereocenters. The second kappa shape index (κ2) is 8.98. The number of hydrogen-bond acceptors (Lipinski definition) is 4. The molecular formula is C23H26N2O5. The first-order valence-electron chi connectivity index (χ1n) is 9.82. The van der Waals surface area contributed by atoms with Crippen molar-refractivity contribution >= 4 is 18.0 Å². The Bertz CT molecular complexity index is 911. The van der Waals surface area contributed by atoms with Crippen LogP contribution in [-0.2, 0) is 14.3 Å². The van der Waals surface area contributed by atoms with Gasteiger partial charge in [0, 0.05) is 33.5 Å². The highest BCUT2D eigenvalue weighted by molar-refractivity contribution is 5.86. The van der Waals surface area contributed by atoms with Gasteiger partial charge in [0.1, 0.15) is 12.6 Å². The smallest absolute Gasteiger partial charge is 0.410 e. The van der Waals surface area contributed by atoms with Crippen LogP contribution in [0.4, 0.5) is 4.79 Å². The molecule has 7 heteroatoms. The van der Waals surface area contributed by atoms with E-state index in [2.05, 4.69) is 12.1 Å². The number of carbonyl (C=O) groups is 3. The summed E-state index contributed by atoms with van der Waals surface area (Å²) in [7, 11) is 4.61. The Kier molecular flexibility index (Phi) is 6.40. The lowest BCUT2D eigenvalue weighted by Crippen LogP contribution is -2.47. The van der Waals surface area contributed by atoms with Gasteiger partial charge in [0.15, 0.2) is 0 Å². The average molecular weight is 410 g/mol. The van der Waals surface area contributed by atoms with Gasteiger partial charge in [-0.2, -0.15) is 0 Å². The number of rotatable bonds is 7. The summed E-state index contributed by atoms with van der Waals surface area (Å²) in [6.07, 6.45) is -0.847. The summed E-state index contributed by atoms with van der Waals surface area (Å²) in [5.41, 5.74) is 4.45. The molecule has 0 aromatic heterocycles. The van der Waals surface area contributed by atoms with Gasteiger partial charge in [-0.3, -0.25) is 14.5 Å². The molecule has 0 saturated carbocycles. The van der Waals surface area contributed by atoms with E-state index in [0.717, 1.165) is 22.3 Å². The van der Waals surface area contributed by atoms with Crippen LogP contribution < -0.4 is 0 Å². The third kappa shape index (κ3) is 4.30. The van der Waals surface area contributed by atoms with Gasteiger partial charge in [-0.05, 0) is 28.7 Å². The van der Waals surface area contributed by atoms with Crippen LogP contribution in [0.15, 0.2) is 48.5 Å². The van der Waals surface area contributed by atoms with Crippen molar-refractivity contribution in [2.24, 2.45) is 0 Å². The molecule has 7 nitrogen and oxygen atoms in total. The Balaban J connectivity index is 1.74. The summed E-state index contributed by atoms with van der Waals surface area (Å²) in [5, 5.41) is 8.98. The first-order chi connectivity index (χ1) is 14.3. The molecule has 1 aliphatic rings. The standard InChI is InChI=1S/C23H26N2O5/c1-24(2)22(28)20(12-13-21(26)27)25(3)23(29)30-14-19-17-10-6-4-8-15(17)16-9-5-7-11-18(16)19/h4-11,19-20H,12-14H2,1-3H3,(H,26,27)/t20-/m0/s1. The number of carboxylic acids is 1. The Labute approximate surface area is 175 Å². The van der Waals surface area contributed by atoms with Crippen LogP contribution in [-0.4, -0.2) is 66.7 Å². The van der Waals surface area contributed by atoms with Crippen molar-refractivity contribution < 1.29 is 24.2 Å². The molecule has 1 atom stereocenters. The summed E-state index contributed by atoms with van der Waals surface area (Å²) in [5.74, 6) is -1.45. The minimum absolute atomic E-state index is 0.0209. The average Bonchev–Trinajstić information content (AvgIpc) is 3.05. The van der Waals surface area contributed by atoms with Crippen molar-refractivity contribution in [1.29, 1.82) is 0 Å². The summed E-state index contributed by atoms with van der Waals surface area (Å²) in [4.78, 5) is 38.7. The maximum Gasteiger partial charge on any atom is 0.410 e. The van der Waals surface area contributed by atoms with Crippen LogP contribution in [0.5, 0.6) is 0 Å². The molecule has 0 spiro atoms. The SMILES string of the molecule is CN(C)C(=O)[C@H](CCC(=O)O)N(C)C(=O)OCC1c2ccccc2-c2ccccc21. The maximum atomic E-state index is 12.7. The number of carboxylic acid groups (broad SMARTS) is 1. The van der Waals surface area contributed by atoms with Crippen LogP contribution in [0.25, 0.3) is 11.1 Å². The third-order valence-electron chi connectivity index (χ3n) is 5.45. The minimum Gasteiger partial charge on any atom is -0.481 e. The molecule has 0 heterocycles. The lowest BCUT2D eigenvalue weighted by Gasteiger charge is -2.29. The predicted molar refractivity (Wildman–Crippen MR) is 112 cm³/mol. The van der Waals surface area contributed by atoms with E-state index >= 15 is 0 Å². The van der Waals surface area contributed by atoms with Crippen LogP contribution in [0.2, 0.25) is 0 Å². The van der Waals surface area contributed by atoms with Gasteiger partial charge >= 0.3 is 12.1 Å². The van der Waals surface area contributed by atoms with Crippen molar-refractivity contribution in [3.8, 4) is 11.1 Å². The lowest BCUT2D eigenvalue weighted by atomic mass is 9.98. The molecule has 0 aliphatic heterocycles. The monoisotopic (exact) mass is 410 g/mol. The van der Waals surface area contributed by atoms with E-state index in [1.165, 1.54) is 16.8 Å². The fourth-order valence-electron chi connectivity index (χ4n) is 3.86. The van der Waals surface area contributed by atoms with E-state index in [-0.39, 0.29) is 31.3 Å². The number of amides is 2. The molecule has 0 radical (unpaired) electrons. The molecule has 3 rings (SSSR count). The topological polar surface area (TPSA) is 87.2 Å². The van der Waals surface area contributed by atoms with Gasteiger partial charge in [0.2, 0.25) is 5.91 Å². The number of nitrogens with zero attached hydrogens (tertiary/aromatic N) is 2. The number of ether oxygens (including phenoxy) is 1. The van der Waals surface area contributed by atoms with Gasteiger partial charge in [0.25, 0.3) is 0 Å². The largest absolute Gasteiger partial charge is 0.481 e. The minimum atomic E-state index is -1.02. The first-order valence-corrected chi connectivity index (χ1v) is 9.82. The fraction of sp³-hybridized carbons (Fsp3) is 0.348. The molecule has 158 valence electrons. The van der Waals surface area contributed by atoms with Crippen molar-refractivity contribution in [2.45, 2.75) is 24.8 Å². The molecule has 0 saturated heterocycles. The molecule has 30 heavy (non-hydrogen) atoms.